The second kappa shape index (κ2) is 40.5. The van der Waals surface area contributed by atoms with Gasteiger partial charge in [0.15, 0.2) is 0 Å². The van der Waals surface area contributed by atoms with E-state index in [9.17, 15) is 43.8 Å². The van der Waals surface area contributed by atoms with Crippen molar-refractivity contribution in [1.82, 2.24) is 0 Å². The number of carbonyl (C=O) groups excluding carboxylic acids is 2. The fourth-order valence-electron chi connectivity index (χ4n) is 6.09. The number of phosphoric acid groups is 2. The maximum absolute atomic E-state index is 12.1. The Hall–Kier alpha value is -1.22. The number of unbranched alkanes of at least 4 members (excludes halogenated alkanes) is 23. The average Bonchev–Trinajstić information content (AvgIpc) is 3.22. The van der Waals surface area contributed by atoms with Gasteiger partial charge in [-0.05, 0) is 38.5 Å². The Morgan fingerprint density at radius 3 is 0.983 bits per heavy atom. The third-order valence-corrected chi connectivity index (χ3v) is 11.6. The number of phosphoric ester groups is 2. The lowest BCUT2D eigenvalue weighted by Gasteiger charge is -2.19. The zero-order valence-corrected chi connectivity index (χ0v) is 38.9. The van der Waals surface area contributed by atoms with Crippen LogP contribution in [0.5, 0.6) is 0 Å². The molecule has 15 nitrogen and oxygen atoms in total. The van der Waals surface area contributed by atoms with Gasteiger partial charge >= 0.3 is 27.6 Å². The number of ether oxygens (including phenoxy) is 2. The first-order chi connectivity index (χ1) is 28.8. The standard InChI is InChI=1S/C43H84O15P2/c1-3-5-7-9-11-13-15-17-18-20-22-24-26-28-30-32-43(48)54-34-40(45)36-56-60(51,52)58-38-41(46)37-57-59(49,50)55-35-39(44)33-53-42(47)31-29-27-25-23-21-19-16-14-12-10-8-6-4-2/h13,15,39-41,44-46H,3-12,14,16-38H2,1-2H3,(H,49,50)(H,51,52)/b15-13-. The van der Waals surface area contributed by atoms with Gasteiger partial charge in [-0.3, -0.25) is 27.7 Å². The molecule has 0 heterocycles. The van der Waals surface area contributed by atoms with Crippen molar-refractivity contribution in [2.75, 3.05) is 39.6 Å². The van der Waals surface area contributed by atoms with E-state index >= 15 is 0 Å². The number of aliphatic hydroxyl groups is 3. The number of allylic oxidation sites excluding steroid dienone is 2. The number of hydrogen-bond acceptors (Lipinski definition) is 13. The van der Waals surface area contributed by atoms with Gasteiger partial charge in [0.1, 0.15) is 31.5 Å². The van der Waals surface area contributed by atoms with Crippen molar-refractivity contribution in [3.63, 3.8) is 0 Å². The third kappa shape index (κ3) is 42.1. The molecule has 0 radical (unpaired) electrons. The van der Waals surface area contributed by atoms with Gasteiger partial charge in [-0.2, -0.15) is 0 Å². The van der Waals surface area contributed by atoms with Crippen molar-refractivity contribution >= 4 is 27.6 Å². The van der Waals surface area contributed by atoms with Crippen LogP contribution in [0.4, 0.5) is 0 Å². The molecule has 356 valence electrons. The van der Waals surface area contributed by atoms with E-state index in [2.05, 4.69) is 44.1 Å². The minimum absolute atomic E-state index is 0.194. The first-order valence-electron chi connectivity index (χ1n) is 23.0. The molecule has 0 saturated carbocycles. The highest BCUT2D eigenvalue weighted by atomic mass is 31.2. The number of carbonyl (C=O) groups is 2. The molecule has 17 heteroatoms. The smallest absolute Gasteiger partial charge is 0.463 e. The zero-order valence-electron chi connectivity index (χ0n) is 37.1. The maximum atomic E-state index is 12.1. The number of rotatable bonds is 45. The van der Waals surface area contributed by atoms with E-state index in [0.717, 1.165) is 44.9 Å². The lowest BCUT2D eigenvalue weighted by Crippen LogP contribution is -2.25. The molecule has 0 bridgehead atoms. The minimum atomic E-state index is -4.78. The van der Waals surface area contributed by atoms with Crippen LogP contribution in [-0.4, -0.2) is 95.0 Å². The van der Waals surface area contributed by atoms with Crippen molar-refractivity contribution < 1.29 is 71.4 Å². The molecular formula is C43H84O15P2. The molecule has 0 aromatic heterocycles. The zero-order chi connectivity index (χ0) is 44.6. The van der Waals surface area contributed by atoms with Gasteiger partial charge in [0.25, 0.3) is 0 Å². The fraction of sp³-hybridized carbons (Fsp3) is 0.907. The summed E-state index contributed by atoms with van der Waals surface area (Å²) < 4.78 is 52.9. The SMILES string of the molecule is CCCCCC/C=C\CCCCCCCCCC(=O)OCC(O)COP(=O)(O)OCC(O)COP(=O)(O)OCC(O)COC(=O)CCCCCCCCCCCCCCC. The fourth-order valence-corrected chi connectivity index (χ4v) is 7.68. The van der Waals surface area contributed by atoms with Gasteiger partial charge in [-0.1, -0.05) is 154 Å². The van der Waals surface area contributed by atoms with E-state index in [1.165, 1.54) is 109 Å². The third-order valence-electron chi connectivity index (χ3n) is 9.72. The Morgan fingerprint density at radius 1 is 0.417 bits per heavy atom. The molecule has 0 spiro atoms. The summed E-state index contributed by atoms with van der Waals surface area (Å²) in [4.78, 5) is 43.6. The highest BCUT2D eigenvalue weighted by Crippen LogP contribution is 2.45. The monoisotopic (exact) mass is 903 g/mol. The molecule has 5 atom stereocenters. The van der Waals surface area contributed by atoms with E-state index in [4.69, 9.17) is 9.47 Å². The van der Waals surface area contributed by atoms with Crippen LogP contribution in [0.25, 0.3) is 0 Å². The quantitative estimate of drug-likeness (QED) is 0.0166. The summed E-state index contributed by atoms with van der Waals surface area (Å²) in [7, 11) is -9.55. The highest BCUT2D eigenvalue weighted by molar-refractivity contribution is 7.47. The van der Waals surface area contributed by atoms with Gasteiger partial charge < -0.3 is 34.6 Å². The number of esters is 2. The molecule has 0 aromatic carbocycles. The molecule has 0 saturated heterocycles. The van der Waals surface area contributed by atoms with Crippen LogP contribution in [0.1, 0.15) is 194 Å². The van der Waals surface area contributed by atoms with Crippen LogP contribution >= 0.6 is 15.6 Å². The van der Waals surface area contributed by atoms with Crippen molar-refractivity contribution in [3.05, 3.63) is 12.2 Å². The molecule has 0 aliphatic carbocycles. The van der Waals surface area contributed by atoms with E-state index in [1.807, 2.05) is 0 Å². The van der Waals surface area contributed by atoms with E-state index in [-0.39, 0.29) is 12.8 Å². The lowest BCUT2D eigenvalue weighted by atomic mass is 10.0. The summed E-state index contributed by atoms with van der Waals surface area (Å²) in [5, 5.41) is 30.0. The van der Waals surface area contributed by atoms with Crippen molar-refractivity contribution in [2.45, 2.75) is 212 Å². The summed E-state index contributed by atoms with van der Waals surface area (Å²) in [6.45, 7) is 0.417. The van der Waals surface area contributed by atoms with Crippen molar-refractivity contribution in [2.24, 2.45) is 0 Å². The Bertz CT molecular complexity index is 1140. The summed E-state index contributed by atoms with van der Waals surface area (Å²) in [5.74, 6) is -0.994. The van der Waals surface area contributed by atoms with E-state index in [1.54, 1.807) is 0 Å². The second-order valence-electron chi connectivity index (χ2n) is 15.8. The Balaban J connectivity index is 3.89. The molecule has 0 aromatic rings. The van der Waals surface area contributed by atoms with Crippen LogP contribution < -0.4 is 0 Å². The first kappa shape index (κ1) is 58.8. The molecule has 0 rings (SSSR count). The topological polar surface area (TPSA) is 225 Å². The van der Waals surface area contributed by atoms with E-state index in [0.29, 0.717) is 12.8 Å². The van der Waals surface area contributed by atoms with Gasteiger partial charge in [-0.25, -0.2) is 9.13 Å². The molecular weight excluding hydrogens is 818 g/mol. The molecule has 0 aliphatic rings. The predicted molar refractivity (Wildman–Crippen MR) is 233 cm³/mol. The number of aliphatic hydroxyl groups excluding tert-OH is 3. The molecule has 60 heavy (non-hydrogen) atoms. The van der Waals surface area contributed by atoms with Crippen LogP contribution in [-0.2, 0) is 46.3 Å². The average molecular weight is 903 g/mol. The summed E-state index contributed by atoms with van der Waals surface area (Å²) in [5.41, 5.74) is 0. The van der Waals surface area contributed by atoms with Crippen LogP contribution in [0.15, 0.2) is 12.2 Å². The van der Waals surface area contributed by atoms with Gasteiger partial charge in [0.05, 0.1) is 26.4 Å². The van der Waals surface area contributed by atoms with Gasteiger partial charge in [0.2, 0.25) is 0 Å². The van der Waals surface area contributed by atoms with Crippen LogP contribution in [0.2, 0.25) is 0 Å². The summed E-state index contributed by atoms with van der Waals surface area (Å²) >= 11 is 0. The summed E-state index contributed by atoms with van der Waals surface area (Å²) in [6, 6.07) is 0. The number of hydrogen-bond donors (Lipinski definition) is 5. The first-order valence-corrected chi connectivity index (χ1v) is 26.0. The Labute approximate surface area is 361 Å². The molecule has 0 amide bonds. The lowest BCUT2D eigenvalue weighted by molar-refractivity contribution is -0.148. The molecule has 0 fully saturated rings. The largest absolute Gasteiger partial charge is 0.472 e. The van der Waals surface area contributed by atoms with Gasteiger partial charge in [-0.15, -0.1) is 0 Å². The van der Waals surface area contributed by atoms with Crippen molar-refractivity contribution in [1.29, 1.82) is 0 Å². The predicted octanol–water partition coefficient (Wildman–Crippen LogP) is 9.94. The van der Waals surface area contributed by atoms with Crippen molar-refractivity contribution in [3.8, 4) is 0 Å². The highest BCUT2D eigenvalue weighted by Gasteiger charge is 2.28. The normalized spacial score (nSPS) is 15.4. The Kier molecular flexibility index (Phi) is 39.7. The summed E-state index contributed by atoms with van der Waals surface area (Å²) in [6.07, 6.45) is 30.6. The molecule has 5 N–H and O–H groups in total. The maximum Gasteiger partial charge on any atom is 0.472 e. The van der Waals surface area contributed by atoms with Crippen LogP contribution in [0, 0.1) is 0 Å². The second-order valence-corrected chi connectivity index (χ2v) is 18.7. The van der Waals surface area contributed by atoms with Crippen LogP contribution in [0.3, 0.4) is 0 Å². The Morgan fingerprint density at radius 2 is 0.667 bits per heavy atom. The molecule has 0 aliphatic heterocycles. The van der Waals surface area contributed by atoms with Gasteiger partial charge in [0, 0.05) is 12.8 Å². The molecule has 5 unspecified atom stereocenters. The van der Waals surface area contributed by atoms with E-state index < -0.39 is 85.5 Å². The minimum Gasteiger partial charge on any atom is -0.463 e.